The molecule has 0 radical (unpaired) electrons. The summed E-state index contributed by atoms with van der Waals surface area (Å²) in [5, 5.41) is 17.7. The van der Waals surface area contributed by atoms with Crippen LogP contribution < -0.4 is 9.47 Å². The number of carboxylic acids is 2. The fraction of sp³-hybridized carbons (Fsp3) is 0.385. The molecule has 1 aromatic rings. The average Bonchev–Trinajstić information content (AvgIpc) is 2.38. The van der Waals surface area contributed by atoms with Gasteiger partial charge in [-0.3, -0.25) is 14.5 Å². The molecule has 0 aromatic heterocycles. The lowest BCUT2D eigenvalue weighted by atomic mass is 10.2. The first-order valence-corrected chi connectivity index (χ1v) is 6.73. The molecule has 0 bridgehead atoms. The van der Waals surface area contributed by atoms with Crippen LogP contribution in [0.3, 0.4) is 0 Å². The Morgan fingerprint density at radius 2 is 1.57 bits per heavy atom. The molecule has 0 heterocycles. The Morgan fingerprint density at radius 1 is 1.10 bits per heavy atom. The second kappa shape index (κ2) is 7.84. The molecule has 0 fully saturated rings. The van der Waals surface area contributed by atoms with Crippen LogP contribution in [0.25, 0.3) is 0 Å². The van der Waals surface area contributed by atoms with Crippen LogP contribution in [-0.4, -0.2) is 54.4 Å². The molecule has 1 rings (SSSR count). The summed E-state index contributed by atoms with van der Waals surface area (Å²) in [7, 11) is 2.99. The highest BCUT2D eigenvalue weighted by Crippen LogP contribution is 2.33. The van der Waals surface area contributed by atoms with Gasteiger partial charge in [0.15, 0.2) is 11.5 Å². The smallest absolute Gasteiger partial charge is 0.317 e. The van der Waals surface area contributed by atoms with E-state index in [-0.39, 0.29) is 19.6 Å². The summed E-state index contributed by atoms with van der Waals surface area (Å²) in [4.78, 5) is 22.9. The molecule has 0 saturated carbocycles. The first kappa shape index (κ1) is 17.3. The van der Waals surface area contributed by atoms with Crippen molar-refractivity contribution in [3.63, 3.8) is 0 Å². The Kier molecular flexibility index (Phi) is 6.44. The second-order valence-corrected chi connectivity index (χ2v) is 5.09. The van der Waals surface area contributed by atoms with E-state index in [1.165, 1.54) is 19.1 Å². The molecule has 0 saturated heterocycles. The highest BCUT2D eigenvalue weighted by molar-refractivity contribution is 9.10. The van der Waals surface area contributed by atoms with Crippen molar-refractivity contribution in [3.05, 3.63) is 22.2 Å². The number of aliphatic carboxylic acids is 2. The molecule has 8 heteroatoms. The molecule has 0 amide bonds. The van der Waals surface area contributed by atoms with Crippen molar-refractivity contribution in [2.24, 2.45) is 0 Å². The van der Waals surface area contributed by atoms with Gasteiger partial charge in [-0.2, -0.15) is 0 Å². The summed E-state index contributed by atoms with van der Waals surface area (Å²) < 4.78 is 11.0. The lowest BCUT2D eigenvalue weighted by Gasteiger charge is -2.20. The minimum Gasteiger partial charge on any atom is -0.493 e. The Balaban J connectivity index is 3.01. The van der Waals surface area contributed by atoms with Crippen LogP contribution in [0, 0.1) is 0 Å². The van der Waals surface area contributed by atoms with Crippen LogP contribution in [-0.2, 0) is 16.1 Å². The van der Waals surface area contributed by atoms with Crippen molar-refractivity contribution in [3.8, 4) is 11.5 Å². The Morgan fingerprint density at radius 3 is 2.00 bits per heavy atom. The van der Waals surface area contributed by atoms with Gasteiger partial charge in [0.2, 0.25) is 0 Å². The fourth-order valence-electron chi connectivity index (χ4n) is 1.81. The molecule has 0 aliphatic carbocycles. The maximum atomic E-state index is 10.8. The molecule has 0 spiro atoms. The Hall–Kier alpha value is -1.80. The van der Waals surface area contributed by atoms with Gasteiger partial charge in [0.1, 0.15) is 0 Å². The zero-order chi connectivity index (χ0) is 16.0. The van der Waals surface area contributed by atoms with E-state index < -0.39 is 11.9 Å². The van der Waals surface area contributed by atoms with E-state index in [0.717, 1.165) is 0 Å². The zero-order valence-electron chi connectivity index (χ0n) is 11.6. The maximum absolute atomic E-state index is 10.8. The van der Waals surface area contributed by atoms with Crippen LogP contribution in [0.15, 0.2) is 16.6 Å². The summed E-state index contributed by atoms with van der Waals surface area (Å²) in [6, 6.07) is 3.37. The first-order chi connectivity index (χ1) is 9.87. The highest BCUT2D eigenvalue weighted by Gasteiger charge is 2.17. The standard InChI is InChI=1S/C13H16BrNO6/c1-20-10-3-8(9(14)4-11(10)21-2)5-15(6-12(16)17)7-13(18)19/h3-4H,5-7H2,1-2H3,(H,16,17)(H,18,19). The Labute approximate surface area is 130 Å². The largest absolute Gasteiger partial charge is 0.493 e. The number of ether oxygens (including phenoxy) is 2. The number of nitrogens with zero attached hydrogens (tertiary/aromatic N) is 1. The van der Waals surface area contributed by atoms with Gasteiger partial charge in [0.25, 0.3) is 0 Å². The number of hydrogen-bond acceptors (Lipinski definition) is 5. The van der Waals surface area contributed by atoms with Gasteiger partial charge in [-0.25, -0.2) is 0 Å². The van der Waals surface area contributed by atoms with Gasteiger partial charge in [0, 0.05) is 11.0 Å². The first-order valence-electron chi connectivity index (χ1n) is 5.93. The molecule has 0 aliphatic rings. The van der Waals surface area contributed by atoms with Gasteiger partial charge in [0.05, 0.1) is 27.3 Å². The van der Waals surface area contributed by atoms with E-state index in [1.54, 1.807) is 12.1 Å². The summed E-state index contributed by atoms with van der Waals surface area (Å²) in [6.45, 7) is -0.584. The minimum absolute atomic E-state index is 0.152. The normalized spacial score (nSPS) is 10.5. The number of carbonyl (C=O) groups is 2. The summed E-state index contributed by atoms with van der Waals surface area (Å²) in [5.41, 5.74) is 0.704. The molecule has 1 aromatic carbocycles. The average molecular weight is 362 g/mol. The van der Waals surface area contributed by atoms with E-state index in [2.05, 4.69) is 15.9 Å². The maximum Gasteiger partial charge on any atom is 0.317 e. The molecule has 7 nitrogen and oxygen atoms in total. The zero-order valence-corrected chi connectivity index (χ0v) is 13.2. The molecule has 0 atom stereocenters. The van der Waals surface area contributed by atoms with Gasteiger partial charge in [-0.1, -0.05) is 15.9 Å². The second-order valence-electron chi connectivity index (χ2n) is 4.23. The van der Waals surface area contributed by atoms with Crippen molar-refractivity contribution in [2.75, 3.05) is 27.3 Å². The molecular weight excluding hydrogens is 346 g/mol. The van der Waals surface area contributed by atoms with E-state index in [0.29, 0.717) is 21.5 Å². The third kappa shape index (κ3) is 5.24. The number of rotatable bonds is 8. The molecule has 2 N–H and O–H groups in total. The number of halogens is 1. The number of benzene rings is 1. The SMILES string of the molecule is COc1cc(Br)c(CN(CC(=O)O)CC(=O)O)cc1OC. The number of methoxy groups -OCH3 is 2. The molecule has 0 aliphatic heterocycles. The lowest BCUT2D eigenvalue weighted by molar-refractivity contribution is -0.142. The molecular formula is C13H16BrNO6. The van der Waals surface area contributed by atoms with E-state index >= 15 is 0 Å². The van der Waals surface area contributed by atoms with Gasteiger partial charge in [-0.15, -0.1) is 0 Å². The molecule has 21 heavy (non-hydrogen) atoms. The van der Waals surface area contributed by atoms with Crippen LogP contribution in [0.4, 0.5) is 0 Å². The van der Waals surface area contributed by atoms with Crippen LogP contribution in [0.2, 0.25) is 0 Å². The highest BCUT2D eigenvalue weighted by atomic mass is 79.9. The van der Waals surface area contributed by atoms with E-state index in [9.17, 15) is 9.59 Å². The van der Waals surface area contributed by atoms with Gasteiger partial charge < -0.3 is 19.7 Å². The summed E-state index contributed by atoms with van der Waals surface area (Å²) >= 11 is 3.36. The monoisotopic (exact) mass is 361 g/mol. The van der Waals surface area contributed by atoms with Gasteiger partial charge >= 0.3 is 11.9 Å². The van der Waals surface area contributed by atoms with Crippen LogP contribution in [0.5, 0.6) is 11.5 Å². The van der Waals surface area contributed by atoms with Crippen LogP contribution in [0.1, 0.15) is 5.56 Å². The Bertz CT molecular complexity index is 518. The third-order valence-electron chi connectivity index (χ3n) is 2.66. The molecule has 116 valence electrons. The summed E-state index contributed by atoms with van der Waals surface area (Å²) in [5.74, 6) is -1.17. The number of hydrogen-bond donors (Lipinski definition) is 2. The van der Waals surface area contributed by atoms with Crippen molar-refractivity contribution < 1.29 is 29.3 Å². The fourth-order valence-corrected chi connectivity index (χ4v) is 2.26. The number of carboxylic acid groups (broad SMARTS) is 2. The van der Waals surface area contributed by atoms with Crippen molar-refractivity contribution in [2.45, 2.75) is 6.54 Å². The quantitative estimate of drug-likeness (QED) is 0.722. The van der Waals surface area contributed by atoms with E-state index in [1.807, 2.05) is 0 Å². The predicted octanol–water partition coefficient (Wildman–Crippen LogP) is 1.44. The van der Waals surface area contributed by atoms with Crippen molar-refractivity contribution in [1.29, 1.82) is 0 Å². The third-order valence-corrected chi connectivity index (χ3v) is 3.40. The summed E-state index contributed by atoms with van der Waals surface area (Å²) in [6.07, 6.45) is 0. The topological polar surface area (TPSA) is 96.3 Å². The van der Waals surface area contributed by atoms with Crippen LogP contribution >= 0.6 is 15.9 Å². The lowest BCUT2D eigenvalue weighted by Crippen LogP contribution is -2.34. The van der Waals surface area contributed by atoms with Gasteiger partial charge in [-0.05, 0) is 17.7 Å². The molecule has 0 unspecified atom stereocenters. The van der Waals surface area contributed by atoms with E-state index in [4.69, 9.17) is 19.7 Å². The van der Waals surface area contributed by atoms with Crippen molar-refractivity contribution >= 4 is 27.9 Å². The predicted molar refractivity (Wildman–Crippen MR) is 77.8 cm³/mol. The minimum atomic E-state index is -1.09. The van der Waals surface area contributed by atoms with Crippen molar-refractivity contribution in [1.82, 2.24) is 4.90 Å².